The summed E-state index contributed by atoms with van der Waals surface area (Å²) < 4.78 is 0. The van der Waals surface area contributed by atoms with E-state index in [0.717, 1.165) is 48.2 Å². The molecule has 7 nitrogen and oxygen atoms in total. The first-order chi connectivity index (χ1) is 17.2. The summed E-state index contributed by atoms with van der Waals surface area (Å²) in [5.74, 6) is 0.684. The van der Waals surface area contributed by atoms with Crippen molar-refractivity contribution < 1.29 is 15.0 Å². The number of likely N-dealkylation sites (N-methyl/N-ethyl adjacent to an activating group) is 1. The van der Waals surface area contributed by atoms with E-state index in [-0.39, 0.29) is 28.8 Å². The lowest BCUT2D eigenvalue weighted by Crippen LogP contribution is -2.67. The van der Waals surface area contributed by atoms with Crippen molar-refractivity contribution in [2.45, 2.75) is 75.3 Å². The lowest BCUT2D eigenvalue weighted by molar-refractivity contribution is -0.108. The third-order valence-corrected chi connectivity index (χ3v) is 9.78. The van der Waals surface area contributed by atoms with Gasteiger partial charge in [-0.25, -0.2) is 0 Å². The molecule has 0 bridgehead atoms. The molecule has 1 aromatic carbocycles. The summed E-state index contributed by atoms with van der Waals surface area (Å²) >= 11 is 0. The van der Waals surface area contributed by atoms with E-state index in [1.54, 1.807) is 18.2 Å². The number of phenols is 1. The van der Waals surface area contributed by atoms with Crippen LogP contribution >= 0.6 is 0 Å². The Labute approximate surface area is 211 Å². The first-order valence-corrected chi connectivity index (χ1v) is 13.5. The third-order valence-electron chi connectivity index (χ3n) is 9.78. The molecule has 1 aliphatic heterocycles. The molecule has 1 saturated heterocycles. The fraction of sp³-hybridized carbons (Fsp3) is 0.586. The van der Waals surface area contributed by atoms with Gasteiger partial charge in [0.05, 0.1) is 5.60 Å². The minimum absolute atomic E-state index is 0.00269. The van der Waals surface area contributed by atoms with Crippen molar-refractivity contribution in [1.82, 2.24) is 15.2 Å². The van der Waals surface area contributed by atoms with E-state index in [2.05, 4.69) is 22.2 Å². The van der Waals surface area contributed by atoms with Crippen molar-refractivity contribution in [3.63, 3.8) is 0 Å². The molecule has 0 radical (unpaired) electrons. The number of carbonyl (C=O) groups is 1. The van der Waals surface area contributed by atoms with Crippen LogP contribution in [-0.2, 0) is 18.3 Å². The Morgan fingerprint density at radius 3 is 2.72 bits per heavy atom. The summed E-state index contributed by atoms with van der Waals surface area (Å²) in [5, 5.41) is 25.8. The van der Waals surface area contributed by atoms with Crippen LogP contribution in [0.4, 0.5) is 0 Å². The van der Waals surface area contributed by atoms with Gasteiger partial charge in [-0.2, -0.15) is 0 Å². The van der Waals surface area contributed by atoms with Crippen molar-refractivity contribution in [2.75, 3.05) is 20.1 Å². The molecule has 192 valence electrons. The van der Waals surface area contributed by atoms with Gasteiger partial charge in [-0.05, 0) is 80.0 Å². The highest BCUT2D eigenvalue weighted by Gasteiger charge is 2.70. The molecule has 0 spiro atoms. The summed E-state index contributed by atoms with van der Waals surface area (Å²) in [6.45, 7) is 3.55. The normalized spacial score (nSPS) is 31.8. The van der Waals surface area contributed by atoms with E-state index in [1.165, 1.54) is 19.3 Å². The molecule has 4 aliphatic rings. The number of rotatable bonds is 4. The second-order valence-electron chi connectivity index (χ2n) is 11.9. The van der Waals surface area contributed by atoms with Gasteiger partial charge in [-0.1, -0.05) is 25.3 Å². The quantitative estimate of drug-likeness (QED) is 0.526. The number of aliphatic hydroxyl groups is 1. The zero-order valence-corrected chi connectivity index (χ0v) is 21.3. The van der Waals surface area contributed by atoms with Gasteiger partial charge in [0.1, 0.15) is 11.3 Å². The van der Waals surface area contributed by atoms with E-state index >= 15 is 0 Å². The van der Waals surface area contributed by atoms with E-state index in [0.29, 0.717) is 31.2 Å². The number of pyridine rings is 1. The van der Waals surface area contributed by atoms with Gasteiger partial charge >= 0.3 is 0 Å². The highest BCUT2D eigenvalue weighted by molar-refractivity contribution is 5.94. The zero-order valence-electron chi connectivity index (χ0n) is 21.3. The van der Waals surface area contributed by atoms with E-state index in [9.17, 15) is 19.8 Å². The van der Waals surface area contributed by atoms with Gasteiger partial charge < -0.3 is 20.5 Å². The highest BCUT2D eigenvalue weighted by atomic mass is 16.3. The number of hydrogen-bond acceptors (Lipinski definition) is 5. The number of aryl methyl sites for hydroxylation is 1. The maximum absolute atomic E-state index is 13.1. The second kappa shape index (κ2) is 8.45. The molecule has 3 fully saturated rings. The van der Waals surface area contributed by atoms with Crippen LogP contribution in [0, 0.1) is 18.8 Å². The maximum atomic E-state index is 13.1. The van der Waals surface area contributed by atoms with Crippen LogP contribution in [0.3, 0.4) is 0 Å². The molecule has 4 N–H and O–H groups in total. The lowest BCUT2D eigenvalue weighted by Gasteiger charge is -2.53. The van der Waals surface area contributed by atoms with Crippen LogP contribution in [0.25, 0.3) is 0 Å². The molecule has 36 heavy (non-hydrogen) atoms. The second-order valence-corrected chi connectivity index (χ2v) is 11.9. The van der Waals surface area contributed by atoms with Gasteiger partial charge in [-0.3, -0.25) is 14.5 Å². The number of fused-ring (bicyclic) bond motifs is 4. The number of nitrogens with zero attached hydrogens (tertiary/aromatic N) is 1. The highest BCUT2D eigenvalue weighted by Crippen LogP contribution is 2.61. The Hall–Kier alpha value is -2.64. The van der Waals surface area contributed by atoms with Gasteiger partial charge in [0.15, 0.2) is 0 Å². The predicted octanol–water partition coefficient (Wildman–Crippen LogP) is 2.80. The van der Waals surface area contributed by atoms with Crippen molar-refractivity contribution >= 4 is 5.91 Å². The van der Waals surface area contributed by atoms with Crippen molar-refractivity contribution in [3.05, 3.63) is 62.6 Å². The summed E-state index contributed by atoms with van der Waals surface area (Å²) in [5.41, 5.74) is 1.69. The van der Waals surface area contributed by atoms with E-state index in [1.807, 2.05) is 13.0 Å². The minimum Gasteiger partial charge on any atom is -0.508 e. The molecule has 2 heterocycles. The molecule has 2 unspecified atom stereocenters. The van der Waals surface area contributed by atoms with Gasteiger partial charge in [0.2, 0.25) is 0 Å². The number of carbonyl (C=O) groups excluding carboxylic acids is 1. The predicted molar refractivity (Wildman–Crippen MR) is 137 cm³/mol. The molecule has 4 atom stereocenters. The number of nitrogens with one attached hydrogen (secondary N) is 2. The number of aromatic hydroxyl groups is 1. The monoisotopic (exact) mass is 491 g/mol. The van der Waals surface area contributed by atoms with Crippen LogP contribution in [0.2, 0.25) is 0 Å². The van der Waals surface area contributed by atoms with Crippen LogP contribution in [0.5, 0.6) is 5.75 Å². The Bertz CT molecular complexity index is 1270. The molecule has 1 aromatic heterocycles. The Kier molecular flexibility index (Phi) is 5.57. The molecule has 7 heteroatoms. The fourth-order valence-electron chi connectivity index (χ4n) is 8.12. The van der Waals surface area contributed by atoms with E-state index in [4.69, 9.17) is 0 Å². The first-order valence-electron chi connectivity index (χ1n) is 13.5. The minimum atomic E-state index is -1.07. The molecule has 3 aliphatic carbocycles. The SMILES string of the molecule is Cc1ccc(O)cc1[C@@]12Cc3[nH]c(=O)c(C(=O)NCC4CCCCC4)cc3C[C@@]1(O)C1C(CN1C)C2. The molecule has 6 rings (SSSR count). The van der Waals surface area contributed by atoms with Gasteiger partial charge in [-0.15, -0.1) is 0 Å². The number of benzene rings is 1. The number of amides is 1. The maximum Gasteiger partial charge on any atom is 0.261 e. The van der Waals surface area contributed by atoms with Crippen molar-refractivity contribution in [2.24, 2.45) is 11.8 Å². The van der Waals surface area contributed by atoms with Crippen LogP contribution in [0.1, 0.15) is 71.3 Å². The molecule has 1 amide bonds. The summed E-state index contributed by atoms with van der Waals surface area (Å²) in [4.78, 5) is 31.4. The number of hydrogen-bond donors (Lipinski definition) is 4. The largest absolute Gasteiger partial charge is 0.508 e. The molecule has 2 aromatic rings. The average Bonchev–Trinajstić information content (AvgIpc) is 3.05. The van der Waals surface area contributed by atoms with Crippen LogP contribution in [-0.4, -0.2) is 57.8 Å². The van der Waals surface area contributed by atoms with Crippen molar-refractivity contribution in [3.8, 4) is 5.75 Å². The summed E-state index contributed by atoms with van der Waals surface area (Å²) in [6.07, 6.45) is 7.56. The topological polar surface area (TPSA) is 106 Å². The molecular weight excluding hydrogens is 454 g/mol. The summed E-state index contributed by atoms with van der Waals surface area (Å²) in [6, 6.07) is 7.10. The van der Waals surface area contributed by atoms with Crippen LogP contribution < -0.4 is 10.9 Å². The standard InChI is InChI=1S/C29H37N3O4/c1-17-8-9-21(33)11-23(17)28-12-20-16-32(2)25(20)29(28,36)13-19-10-22(27(35)31-24(19)14-28)26(34)30-15-18-6-4-3-5-7-18/h8-11,18,20,25,33,36H,3-7,12-16H2,1-2H3,(H,30,34)(H,31,35)/t20?,25?,28-,29-/m1/s1. The third kappa shape index (κ3) is 3.46. The smallest absolute Gasteiger partial charge is 0.261 e. The fourth-order valence-corrected chi connectivity index (χ4v) is 8.12. The lowest BCUT2D eigenvalue weighted by atomic mass is 9.59. The molecule has 2 saturated carbocycles. The van der Waals surface area contributed by atoms with Crippen molar-refractivity contribution in [1.29, 1.82) is 0 Å². The first kappa shape index (κ1) is 23.7. The number of aromatic nitrogens is 1. The van der Waals surface area contributed by atoms with E-state index < -0.39 is 11.0 Å². The van der Waals surface area contributed by atoms with Gasteiger partial charge in [0, 0.05) is 43.1 Å². The Morgan fingerprint density at radius 1 is 1.19 bits per heavy atom. The number of likely N-dealkylation sites (tertiary alicyclic amines) is 1. The molecular formula is C29H37N3O4. The van der Waals surface area contributed by atoms with Crippen LogP contribution in [0.15, 0.2) is 29.1 Å². The number of aromatic amines is 1. The zero-order chi connectivity index (χ0) is 25.2. The van der Waals surface area contributed by atoms with Gasteiger partial charge in [0.25, 0.3) is 11.5 Å². The Morgan fingerprint density at radius 2 is 1.97 bits per heavy atom. The number of H-pyrrole nitrogens is 1. The summed E-state index contributed by atoms with van der Waals surface area (Å²) in [7, 11) is 2.05. The number of phenolic OH excluding ortho intramolecular Hbond substituents is 1. The average molecular weight is 492 g/mol. The Balaban J connectivity index is 1.37.